The first-order chi connectivity index (χ1) is 12.1. The SMILES string of the molecule is O=C1c2ccccc2C(=O)N1C/C=C/C[N+]12CN3CN(CN(C3)C1)C2.[Br-]. The summed E-state index contributed by atoms with van der Waals surface area (Å²) in [4.78, 5) is 33.5. The van der Waals surface area contributed by atoms with Gasteiger partial charge in [0.1, 0.15) is 26.6 Å². The van der Waals surface area contributed by atoms with E-state index in [1.807, 2.05) is 6.08 Å². The van der Waals surface area contributed by atoms with Crippen molar-refractivity contribution in [2.45, 2.75) is 0 Å². The topological polar surface area (TPSA) is 47.1 Å². The van der Waals surface area contributed by atoms with E-state index in [1.165, 1.54) is 4.90 Å². The summed E-state index contributed by atoms with van der Waals surface area (Å²) in [7, 11) is 0. The molecule has 2 amide bonds. The van der Waals surface area contributed by atoms with E-state index < -0.39 is 0 Å². The van der Waals surface area contributed by atoms with Crippen LogP contribution in [0.25, 0.3) is 0 Å². The molecule has 5 aliphatic heterocycles. The van der Waals surface area contributed by atoms with E-state index in [4.69, 9.17) is 0 Å². The maximum absolute atomic E-state index is 12.4. The highest BCUT2D eigenvalue weighted by atomic mass is 79.9. The quantitative estimate of drug-likeness (QED) is 0.303. The first-order valence-electron chi connectivity index (χ1n) is 8.76. The van der Waals surface area contributed by atoms with Gasteiger partial charge in [0.25, 0.3) is 11.8 Å². The summed E-state index contributed by atoms with van der Waals surface area (Å²) in [5.41, 5.74) is 1.04. The van der Waals surface area contributed by atoms with E-state index in [0.717, 1.165) is 51.0 Å². The molecular formula is C18H22BrN5O2. The number of halogens is 1. The maximum Gasteiger partial charge on any atom is 0.261 e. The molecule has 0 saturated carbocycles. The van der Waals surface area contributed by atoms with Gasteiger partial charge < -0.3 is 17.0 Å². The molecule has 5 aliphatic rings. The van der Waals surface area contributed by atoms with Gasteiger partial charge in [-0.1, -0.05) is 18.2 Å². The van der Waals surface area contributed by atoms with Gasteiger partial charge in [-0.25, -0.2) is 14.7 Å². The normalized spacial score (nSPS) is 34.5. The van der Waals surface area contributed by atoms with E-state index in [1.54, 1.807) is 24.3 Å². The number of nitrogens with zero attached hydrogens (tertiary/aromatic N) is 5. The van der Waals surface area contributed by atoms with Gasteiger partial charge in [-0.3, -0.25) is 19.0 Å². The first kappa shape index (κ1) is 17.8. The van der Waals surface area contributed by atoms with Gasteiger partial charge in [-0.05, 0) is 18.2 Å². The standard InChI is InChI=1S/C18H22N5O2.BrH/c24-17-15-5-1-2-6-16(15)18(25)22(17)7-3-4-8-23-12-19-9-20(13-23)11-21(10-19)14-23;/h1-6H,7-14H2;1H/q+1;/p-1/b4-3+;. The zero-order valence-electron chi connectivity index (χ0n) is 14.6. The van der Waals surface area contributed by atoms with Gasteiger partial charge in [-0.15, -0.1) is 0 Å². The van der Waals surface area contributed by atoms with Crippen LogP contribution < -0.4 is 17.0 Å². The molecule has 8 heteroatoms. The van der Waals surface area contributed by atoms with Crippen molar-refractivity contribution in [1.82, 2.24) is 19.6 Å². The first-order valence-corrected chi connectivity index (χ1v) is 8.76. The van der Waals surface area contributed by atoms with Crippen molar-refractivity contribution in [2.24, 2.45) is 0 Å². The summed E-state index contributed by atoms with van der Waals surface area (Å²) in [6, 6.07) is 7.05. The Morgan fingerprint density at radius 2 is 1.35 bits per heavy atom. The van der Waals surface area contributed by atoms with Gasteiger partial charge >= 0.3 is 0 Å². The van der Waals surface area contributed by atoms with Crippen LogP contribution in [0.15, 0.2) is 36.4 Å². The second-order valence-corrected chi connectivity index (χ2v) is 7.62. The van der Waals surface area contributed by atoms with Crippen molar-refractivity contribution >= 4 is 11.8 Å². The lowest BCUT2D eigenvalue weighted by Crippen LogP contribution is -3.00. The summed E-state index contributed by atoms with van der Waals surface area (Å²) >= 11 is 0. The fraction of sp³-hybridized carbons (Fsp3) is 0.444. The van der Waals surface area contributed by atoms with Crippen molar-refractivity contribution in [3.05, 3.63) is 47.5 Å². The Morgan fingerprint density at radius 3 is 1.85 bits per heavy atom. The smallest absolute Gasteiger partial charge is 0.261 e. The lowest BCUT2D eigenvalue weighted by Gasteiger charge is -2.60. The van der Waals surface area contributed by atoms with Gasteiger partial charge in [0.15, 0.2) is 0 Å². The molecule has 0 aliphatic carbocycles. The van der Waals surface area contributed by atoms with E-state index in [0.29, 0.717) is 17.7 Å². The third kappa shape index (κ3) is 2.82. The van der Waals surface area contributed by atoms with Crippen LogP contribution in [0.1, 0.15) is 20.7 Å². The van der Waals surface area contributed by atoms with Crippen molar-refractivity contribution < 1.29 is 31.1 Å². The van der Waals surface area contributed by atoms with Crippen LogP contribution in [0.2, 0.25) is 0 Å². The van der Waals surface area contributed by atoms with Crippen molar-refractivity contribution in [3.63, 3.8) is 0 Å². The molecule has 138 valence electrons. The predicted octanol–water partition coefficient (Wildman–Crippen LogP) is -2.65. The molecule has 6 rings (SSSR count). The number of benzene rings is 1. The summed E-state index contributed by atoms with van der Waals surface area (Å²) in [6.45, 7) is 7.79. The number of hydrogen-bond donors (Lipinski definition) is 0. The van der Waals surface area contributed by atoms with Crippen LogP contribution in [0.5, 0.6) is 0 Å². The number of hydrogen-bond acceptors (Lipinski definition) is 5. The van der Waals surface area contributed by atoms with E-state index in [9.17, 15) is 9.59 Å². The molecule has 0 atom stereocenters. The fourth-order valence-corrected chi connectivity index (χ4v) is 4.71. The molecule has 1 aromatic rings. The Morgan fingerprint density at radius 1 is 0.846 bits per heavy atom. The zero-order chi connectivity index (χ0) is 17.0. The fourth-order valence-electron chi connectivity index (χ4n) is 4.71. The lowest BCUT2D eigenvalue weighted by molar-refractivity contribution is -0.975. The molecule has 0 unspecified atom stereocenters. The second-order valence-electron chi connectivity index (χ2n) is 7.62. The van der Waals surface area contributed by atoms with Gasteiger partial charge in [0.05, 0.1) is 31.1 Å². The van der Waals surface area contributed by atoms with Crippen molar-refractivity contribution in [3.8, 4) is 0 Å². The number of fused-ring (bicyclic) bond motifs is 1. The highest BCUT2D eigenvalue weighted by Gasteiger charge is 2.47. The molecule has 4 saturated heterocycles. The molecule has 1 aromatic carbocycles. The van der Waals surface area contributed by atoms with Crippen molar-refractivity contribution in [2.75, 3.05) is 53.1 Å². The number of quaternary nitrogens is 1. The number of imide groups is 1. The highest BCUT2D eigenvalue weighted by Crippen LogP contribution is 2.28. The minimum Gasteiger partial charge on any atom is -1.00 e. The minimum atomic E-state index is -0.183. The Balaban J connectivity index is 0.00000168. The van der Waals surface area contributed by atoms with Crippen LogP contribution in [0.3, 0.4) is 0 Å². The van der Waals surface area contributed by atoms with Crippen LogP contribution in [-0.2, 0) is 0 Å². The van der Waals surface area contributed by atoms with E-state index >= 15 is 0 Å². The predicted molar refractivity (Wildman–Crippen MR) is 90.8 cm³/mol. The largest absolute Gasteiger partial charge is 1.00 e. The average molecular weight is 420 g/mol. The Hall–Kier alpha value is -1.58. The van der Waals surface area contributed by atoms with Crippen molar-refractivity contribution in [1.29, 1.82) is 0 Å². The Labute approximate surface area is 163 Å². The lowest BCUT2D eigenvalue weighted by atomic mass is 10.1. The summed E-state index contributed by atoms with van der Waals surface area (Å²) < 4.78 is 1.03. The molecule has 0 N–H and O–H groups in total. The van der Waals surface area contributed by atoms with Crippen LogP contribution in [-0.4, -0.2) is 89.0 Å². The Kier molecular flexibility index (Phi) is 4.48. The van der Waals surface area contributed by atoms with Crippen LogP contribution in [0, 0.1) is 0 Å². The zero-order valence-corrected chi connectivity index (χ0v) is 16.1. The van der Waals surface area contributed by atoms with E-state index in [2.05, 4.69) is 20.8 Å². The third-order valence-corrected chi connectivity index (χ3v) is 5.53. The van der Waals surface area contributed by atoms with Crippen LogP contribution in [0.4, 0.5) is 0 Å². The molecule has 7 nitrogen and oxygen atoms in total. The Bertz CT molecular complexity index is 710. The molecular weight excluding hydrogens is 398 g/mol. The number of amides is 2. The molecule has 26 heavy (non-hydrogen) atoms. The summed E-state index contributed by atoms with van der Waals surface area (Å²) in [6.07, 6.45) is 4.11. The van der Waals surface area contributed by atoms with E-state index in [-0.39, 0.29) is 28.8 Å². The van der Waals surface area contributed by atoms with Gasteiger partial charge in [0, 0.05) is 6.54 Å². The second kappa shape index (κ2) is 6.54. The molecule has 4 fully saturated rings. The molecule has 4 bridgehead atoms. The molecule has 0 spiro atoms. The van der Waals surface area contributed by atoms with Crippen LogP contribution >= 0.6 is 0 Å². The number of carbonyl (C=O) groups is 2. The maximum atomic E-state index is 12.4. The summed E-state index contributed by atoms with van der Waals surface area (Å²) in [5.74, 6) is -0.365. The summed E-state index contributed by atoms with van der Waals surface area (Å²) in [5, 5.41) is 0. The van der Waals surface area contributed by atoms with Gasteiger partial charge in [0.2, 0.25) is 0 Å². The van der Waals surface area contributed by atoms with Gasteiger partial charge in [-0.2, -0.15) is 0 Å². The minimum absolute atomic E-state index is 0. The monoisotopic (exact) mass is 419 g/mol. The third-order valence-electron chi connectivity index (χ3n) is 5.53. The highest BCUT2D eigenvalue weighted by molar-refractivity contribution is 6.21. The molecule has 0 aromatic heterocycles. The number of carbonyl (C=O) groups excluding carboxylic acids is 2. The average Bonchev–Trinajstić information content (AvgIpc) is 2.82. The molecule has 0 radical (unpaired) electrons. The molecule has 5 heterocycles. The number of rotatable bonds is 4.